The molecule has 0 aliphatic heterocycles. The van der Waals surface area contributed by atoms with Gasteiger partial charge in [-0.1, -0.05) is 12.1 Å². The Morgan fingerprint density at radius 2 is 1.27 bits per heavy atom. The van der Waals surface area contributed by atoms with Crippen LogP contribution in [0.3, 0.4) is 0 Å². The van der Waals surface area contributed by atoms with Crippen LogP contribution in [0.5, 0.6) is 11.5 Å². The van der Waals surface area contributed by atoms with Crippen LogP contribution in [0.1, 0.15) is 0 Å². The van der Waals surface area contributed by atoms with Gasteiger partial charge in [-0.3, -0.25) is 0 Å². The van der Waals surface area contributed by atoms with Crippen LogP contribution in [0.25, 0.3) is 0 Å². The molecule has 0 atom stereocenters. The van der Waals surface area contributed by atoms with Crippen LogP contribution in [0.15, 0.2) is 24.3 Å². The zero-order valence-electron chi connectivity index (χ0n) is 6.13. The third-order valence-corrected chi connectivity index (χ3v) is 1.29. The molecule has 0 aliphatic rings. The predicted octanol–water partition coefficient (Wildman–Crippen LogP) is 1.06. The minimum atomic E-state index is 0. The summed E-state index contributed by atoms with van der Waals surface area (Å²) >= 11 is 0. The number of hydrogen-bond donors (Lipinski definition) is 0. The van der Waals surface area contributed by atoms with E-state index in [4.69, 9.17) is 9.47 Å². The van der Waals surface area contributed by atoms with Gasteiger partial charge in [-0.05, 0) is 12.1 Å². The molecule has 0 bridgehead atoms. The molecular formula is C8H11NaO2. The first-order chi connectivity index (χ1) is 4.88. The molecule has 0 radical (unpaired) electrons. The molecule has 0 spiro atoms. The molecule has 0 amide bonds. The SMILES string of the molecule is COc1ccccc1OC.[NaH]. The second-order valence-electron chi connectivity index (χ2n) is 1.85. The zero-order valence-corrected chi connectivity index (χ0v) is 6.13. The third-order valence-electron chi connectivity index (χ3n) is 1.29. The van der Waals surface area contributed by atoms with Gasteiger partial charge in [0.15, 0.2) is 11.5 Å². The number of benzene rings is 1. The molecule has 1 aromatic rings. The van der Waals surface area contributed by atoms with E-state index in [9.17, 15) is 0 Å². The average Bonchev–Trinajstić information content (AvgIpc) is 2.04. The monoisotopic (exact) mass is 162 g/mol. The van der Waals surface area contributed by atoms with Crippen molar-refractivity contribution in [2.24, 2.45) is 0 Å². The Morgan fingerprint density at radius 1 is 0.909 bits per heavy atom. The van der Waals surface area contributed by atoms with Crippen molar-refractivity contribution < 1.29 is 9.47 Å². The molecule has 0 N–H and O–H groups in total. The molecule has 1 aromatic carbocycles. The molecule has 56 valence electrons. The summed E-state index contributed by atoms with van der Waals surface area (Å²) < 4.78 is 10.0. The summed E-state index contributed by atoms with van der Waals surface area (Å²) in [4.78, 5) is 0. The Bertz CT molecular complexity index is 190. The van der Waals surface area contributed by atoms with E-state index in [1.165, 1.54) is 0 Å². The third kappa shape index (κ3) is 2.73. The maximum atomic E-state index is 5.01. The summed E-state index contributed by atoms with van der Waals surface area (Å²) in [6.45, 7) is 0. The van der Waals surface area contributed by atoms with E-state index in [2.05, 4.69) is 0 Å². The average molecular weight is 162 g/mol. The van der Waals surface area contributed by atoms with Gasteiger partial charge in [-0.25, -0.2) is 0 Å². The van der Waals surface area contributed by atoms with E-state index in [0.29, 0.717) is 0 Å². The van der Waals surface area contributed by atoms with Gasteiger partial charge in [-0.2, -0.15) is 0 Å². The van der Waals surface area contributed by atoms with Crippen LogP contribution >= 0.6 is 0 Å². The van der Waals surface area contributed by atoms with E-state index in [1.807, 2.05) is 24.3 Å². The van der Waals surface area contributed by atoms with Crippen LogP contribution in [0.2, 0.25) is 0 Å². The van der Waals surface area contributed by atoms with Crippen molar-refractivity contribution in [3.63, 3.8) is 0 Å². The van der Waals surface area contributed by atoms with E-state index < -0.39 is 0 Å². The van der Waals surface area contributed by atoms with Crippen molar-refractivity contribution in [2.45, 2.75) is 0 Å². The molecule has 0 saturated heterocycles. The molecule has 3 heteroatoms. The molecule has 0 aromatic heterocycles. The quantitative estimate of drug-likeness (QED) is 0.605. The first-order valence-corrected chi connectivity index (χ1v) is 3.05. The first kappa shape index (κ1) is 10.8. The number of para-hydroxylation sites is 2. The van der Waals surface area contributed by atoms with Gasteiger partial charge in [0.05, 0.1) is 14.2 Å². The summed E-state index contributed by atoms with van der Waals surface area (Å²) in [5.74, 6) is 1.54. The van der Waals surface area contributed by atoms with E-state index >= 15 is 0 Å². The first-order valence-electron chi connectivity index (χ1n) is 3.05. The van der Waals surface area contributed by atoms with Gasteiger partial charge in [0.1, 0.15) is 0 Å². The Morgan fingerprint density at radius 3 is 1.55 bits per heavy atom. The fourth-order valence-electron chi connectivity index (χ4n) is 0.787. The Hall–Kier alpha value is -0.180. The van der Waals surface area contributed by atoms with Crippen molar-refractivity contribution in [1.82, 2.24) is 0 Å². The standard InChI is InChI=1S/C8H10O2.Na.H/c1-9-7-5-3-4-6-8(7)10-2;;/h3-6H,1-2H3;;. The second kappa shape index (κ2) is 5.47. The van der Waals surface area contributed by atoms with E-state index in [1.54, 1.807) is 14.2 Å². The predicted molar refractivity (Wildman–Crippen MR) is 46.7 cm³/mol. The summed E-state index contributed by atoms with van der Waals surface area (Å²) in [5, 5.41) is 0. The van der Waals surface area contributed by atoms with Crippen molar-refractivity contribution in [3.8, 4) is 11.5 Å². The summed E-state index contributed by atoms with van der Waals surface area (Å²) in [6.07, 6.45) is 0. The Balaban J connectivity index is 0.000001000. The van der Waals surface area contributed by atoms with Gasteiger partial charge in [0.2, 0.25) is 0 Å². The zero-order chi connectivity index (χ0) is 7.40. The molecule has 0 saturated carbocycles. The molecule has 0 heterocycles. The van der Waals surface area contributed by atoms with Gasteiger partial charge >= 0.3 is 29.6 Å². The molecule has 2 nitrogen and oxygen atoms in total. The second-order valence-corrected chi connectivity index (χ2v) is 1.85. The normalized spacial score (nSPS) is 8.18. The van der Waals surface area contributed by atoms with Gasteiger partial charge in [0, 0.05) is 0 Å². The van der Waals surface area contributed by atoms with Crippen LogP contribution < -0.4 is 9.47 Å². The number of methoxy groups -OCH3 is 2. The fourth-order valence-corrected chi connectivity index (χ4v) is 0.787. The molecule has 0 aliphatic carbocycles. The molecular weight excluding hydrogens is 151 g/mol. The number of rotatable bonds is 2. The molecule has 1 rings (SSSR count). The summed E-state index contributed by atoms with van der Waals surface area (Å²) in [5.41, 5.74) is 0. The summed E-state index contributed by atoms with van der Waals surface area (Å²) in [6, 6.07) is 7.53. The molecule has 11 heavy (non-hydrogen) atoms. The van der Waals surface area contributed by atoms with Crippen LogP contribution in [0, 0.1) is 0 Å². The van der Waals surface area contributed by atoms with Crippen molar-refractivity contribution in [1.29, 1.82) is 0 Å². The van der Waals surface area contributed by atoms with Crippen molar-refractivity contribution in [2.75, 3.05) is 14.2 Å². The van der Waals surface area contributed by atoms with Crippen LogP contribution in [0.4, 0.5) is 0 Å². The topological polar surface area (TPSA) is 18.5 Å². The Kier molecular flexibility index (Phi) is 5.38. The van der Waals surface area contributed by atoms with Gasteiger partial charge in [-0.15, -0.1) is 0 Å². The molecule has 0 fully saturated rings. The number of ether oxygens (including phenoxy) is 2. The van der Waals surface area contributed by atoms with Gasteiger partial charge in [0.25, 0.3) is 0 Å². The van der Waals surface area contributed by atoms with Crippen molar-refractivity contribution >= 4 is 29.6 Å². The minimum absolute atomic E-state index is 0. The van der Waals surface area contributed by atoms with E-state index in [-0.39, 0.29) is 29.6 Å². The van der Waals surface area contributed by atoms with Crippen LogP contribution in [-0.4, -0.2) is 43.8 Å². The fraction of sp³-hybridized carbons (Fsp3) is 0.250. The van der Waals surface area contributed by atoms with E-state index in [0.717, 1.165) is 11.5 Å². The van der Waals surface area contributed by atoms with Crippen molar-refractivity contribution in [3.05, 3.63) is 24.3 Å². The van der Waals surface area contributed by atoms with Gasteiger partial charge < -0.3 is 9.47 Å². The maximum absolute atomic E-state index is 5.01. The number of hydrogen-bond acceptors (Lipinski definition) is 2. The van der Waals surface area contributed by atoms with Crippen LogP contribution in [-0.2, 0) is 0 Å². The molecule has 0 unspecified atom stereocenters. The summed E-state index contributed by atoms with van der Waals surface area (Å²) in [7, 11) is 3.25. The Labute approximate surface area is 88.8 Å².